The largest absolute Gasteiger partial charge is 0.325 e. The van der Waals surface area contributed by atoms with Crippen LogP contribution in [0.4, 0.5) is 14.5 Å². The summed E-state index contributed by atoms with van der Waals surface area (Å²) in [6.07, 6.45) is -2.64. The van der Waals surface area contributed by atoms with Gasteiger partial charge in [0.2, 0.25) is 5.91 Å². The number of hydrogen-bond donors (Lipinski definition) is 1. The van der Waals surface area contributed by atoms with E-state index in [0.717, 1.165) is 0 Å². The van der Waals surface area contributed by atoms with Crippen LogP contribution in [-0.4, -0.2) is 5.91 Å². The molecule has 0 atom stereocenters. The predicted molar refractivity (Wildman–Crippen MR) is 50.7 cm³/mol. The van der Waals surface area contributed by atoms with Gasteiger partial charge in [0.25, 0.3) is 6.43 Å². The summed E-state index contributed by atoms with van der Waals surface area (Å²) in [5.74, 6) is -0.349. The molecule has 1 N–H and O–H groups in total. The van der Waals surface area contributed by atoms with E-state index in [0.29, 0.717) is 0 Å². The minimum absolute atomic E-state index is 0.113. The average molecular weight is 220 g/mol. The van der Waals surface area contributed by atoms with E-state index < -0.39 is 6.43 Å². The van der Waals surface area contributed by atoms with E-state index in [1.165, 1.54) is 25.1 Å². The van der Waals surface area contributed by atoms with Crippen LogP contribution in [0.2, 0.25) is 5.02 Å². The van der Waals surface area contributed by atoms with Crippen LogP contribution in [-0.2, 0) is 4.79 Å². The van der Waals surface area contributed by atoms with E-state index in [1.54, 1.807) is 0 Å². The van der Waals surface area contributed by atoms with E-state index >= 15 is 0 Å². The van der Waals surface area contributed by atoms with E-state index in [2.05, 4.69) is 5.32 Å². The second kappa shape index (κ2) is 4.37. The monoisotopic (exact) mass is 219 g/mol. The molecule has 5 heteroatoms. The summed E-state index contributed by atoms with van der Waals surface area (Å²) in [5, 5.41) is 2.25. The minimum Gasteiger partial charge on any atom is -0.325 e. The van der Waals surface area contributed by atoms with Gasteiger partial charge in [-0.3, -0.25) is 4.79 Å². The molecule has 0 unspecified atom stereocenters. The van der Waals surface area contributed by atoms with Gasteiger partial charge in [-0.1, -0.05) is 23.7 Å². The van der Waals surface area contributed by atoms with E-state index in [1.807, 2.05) is 0 Å². The number of halogens is 3. The maximum absolute atomic E-state index is 12.3. The van der Waals surface area contributed by atoms with Crippen molar-refractivity contribution in [1.29, 1.82) is 0 Å². The normalized spacial score (nSPS) is 10.4. The zero-order valence-corrected chi connectivity index (χ0v) is 8.11. The first-order valence-corrected chi connectivity index (χ1v) is 4.24. The van der Waals surface area contributed by atoms with Crippen LogP contribution in [0.25, 0.3) is 0 Å². The van der Waals surface area contributed by atoms with Crippen LogP contribution in [0.15, 0.2) is 18.2 Å². The molecule has 1 aromatic carbocycles. The maximum Gasteiger partial charge on any atom is 0.265 e. The molecule has 0 heterocycles. The first kappa shape index (κ1) is 10.9. The number of amides is 1. The third kappa shape index (κ3) is 2.42. The van der Waals surface area contributed by atoms with Crippen molar-refractivity contribution in [2.75, 3.05) is 5.32 Å². The Kier molecular flexibility index (Phi) is 3.41. The van der Waals surface area contributed by atoms with Crippen LogP contribution in [0.1, 0.15) is 18.9 Å². The van der Waals surface area contributed by atoms with Crippen molar-refractivity contribution < 1.29 is 13.6 Å². The van der Waals surface area contributed by atoms with Crippen LogP contribution in [0.5, 0.6) is 0 Å². The summed E-state index contributed by atoms with van der Waals surface area (Å²) in [6, 6.07) is 4.10. The molecule has 0 aliphatic rings. The second-order valence-electron chi connectivity index (χ2n) is 2.69. The van der Waals surface area contributed by atoms with Crippen molar-refractivity contribution in [3.05, 3.63) is 28.8 Å². The van der Waals surface area contributed by atoms with Crippen LogP contribution >= 0.6 is 11.6 Å². The molecule has 2 nitrogen and oxygen atoms in total. The molecule has 0 aliphatic carbocycles. The van der Waals surface area contributed by atoms with Crippen molar-refractivity contribution >= 4 is 23.2 Å². The standard InChI is InChI=1S/C9H8ClF2NO/c1-5(14)13-7-4-2-3-6(8(7)10)9(11)12/h2-4,9H,1H3,(H,13,14). The Morgan fingerprint density at radius 3 is 2.64 bits per heavy atom. The van der Waals surface area contributed by atoms with Crippen molar-refractivity contribution in [1.82, 2.24) is 0 Å². The van der Waals surface area contributed by atoms with Gasteiger partial charge in [-0.25, -0.2) is 8.78 Å². The number of alkyl halides is 2. The lowest BCUT2D eigenvalue weighted by molar-refractivity contribution is -0.114. The Morgan fingerprint density at radius 2 is 2.14 bits per heavy atom. The molecule has 0 radical (unpaired) electrons. The number of rotatable bonds is 2. The fourth-order valence-corrected chi connectivity index (χ4v) is 1.26. The Morgan fingerprint density at radius 1 is 1.50 bits per heavy atom. The molecule has 1 rings (SSSR count). The maximum atomic E-state index is 12.3. The van der Waals surface area contributed by atoms with Crippen molar-refractivity contribution in [2.45, 2.75) is 13.3 Å². The second-order valence-corrected chi connectivity index (χ2v) is 3.07. The third-order valence-electron chi connectivity index (χ3n) is 1.57. The van der Waals surface area contributed by atoms with E-state index in [-0.39, 0.29) is 22.2 Å². The summed E-state index contributed by atoms with van der Waals surface area (Å²) in [6.45, 7) is 1.28. The number of benzene rings is 1. The molecule has 0 saturated carbocycles. The highest BCUT2D eigenvalue weighted by Crippen LogP contribution is 2.32. The summed E-state index contributed by atoms with van der Waals surface area (Å²) in [5.41, 5.74) is -0.0742. The Balaban J connectivity index is 3.07. The third-order valence-corrected chi connectivity index (χ3v) is 2.00. The molecule has 0 spiro atoms. The Hall–Kier alpha value is -1.16. The van der Waals surface area contributed by atoms with Crippen LogP contribution in [0, 0.1) is 0 Å². The average Bonchev–Trinajstić information content (AvgIpc) is 2.07. The van der Waals surface area contributed by atoms with Crippen LogP contribution < -0.4 is 5.32 Å². The van der Waals surface area contributed by atoms with E-state index in [4.69, 9.17) is 11.6 Å². The molecule has 0 fully saturated rings. The number of nitrogens with one attached hydrogen (secondary N) is 1. The fourth-order valence-electron chi connectivity index (χ4n) is 1.00. The zero-order chi connectivity index (χ0) is 10.7. The smallest absolute Gasteiger partial charge is 0.265 e. The summed E-state index contributed by atoms with van der Waals surface area (Å²) in [7, 11) is 0. The molecule has 0 saturated heterocycles. The summed E-state index contributed by atoms with van der Waals surface area (Å²) in [4.78, 5) is 10.7. The highest BCUT2D eigenvalue weighted by Gasteiger charge is 2.14. The Labute approximate surface area is 84.9 Å². The molecule has 0 bridgehead atoms. The number of carbonyl (C=O) groups is 1. The summed E-state index contributed by atoms with van der Waals surface area (Å²) >= 11 is 5.65. The van der Waals surface area contributed by atoms with Gasteiger partial charge in [-0.2, -0.15) is 0 Å². The predicted octanol–water partition coefficient (Wildman–Crippen LogP) is 3.24. The lowest BCUT2D eigenvalue weighted by Crippen LogP contribution is -2.06. The lowest BCUT2D eigenvalue weighted by Gasteiger charge is -2.08. The fraction of sp³-hybridized carbons (Fsp3) is 0.222. The van der Waals surface area contributed by atoms with Crippen molar-refractivity contribution in [2.24, 2.45) is 0 Å². The van der Waals surface area contributed by atoms with Gasteiger partial charge in [-0.15, -0.1) is 0 Å². The van der Waals surface area contributed by atoms with Crippen molar-refractivity contribution in [3.8, 4) is 0 Å². The van der Waals surface area contributed by atoms with Gasteiger partial charge in [-0.05, 0) is 6.07 Å². The number of carbonyl (C=O) groups excluding carboxylic acids is 1. The topological polar surface area (TPSA) is 29.1 Å². The lowest BCUT2D eigenvalue weighted by atomic mass is 10.2. The van der Waals surface area contributed by atoms with Gasteiger partial charge in [0.05, 0.1) is 10.7 Å². The minimum atomic E-state index is -2.64. The van der Waals surface area contributed by atoms with Gasteiger partial charge in [0, 0.05) is 12.5 Å². The van der Waals surface area contributed by atoms with Crippen LogP contribution in [0.3, 0.4) is 0 Å². The van der Waals surface area contributed by atoms with Crippen molar-refractivity contribution in [3.63, 3.8) is 0 Å². The molecular formula is C9H8ClF2NO. The first-order chi connectivity index (χ1) is 6.52. The molecule has 14 heavy (non-hydrogen) atoms. The first-order valence-electron chi connectivity index (χ1n) is 3.86. The highest BCUT2D eigenvalue weighted by atomic mass is 35.5. The number of hydrogen-bond acceptors (Lipinski definition) is 1. The van der Waals surface area contributed by atoms with E-state index in [9.17, 15) is 13.6 Å². The quantitative estimate of drug-likeness (QED) is 0.813. The molecule has 1 amide bonds. The molecule has 0 aromatic heterocycles. The molecular weight excluding hydrogens is 212 g/mol. The van der Waals surface area contributed by atoms with Gasteiger partial charge in [0.15, 0.2) is 0 Å². The van der Waals surface area contributed by atoms with Gasteiger partial charge < -0.3 is 5.32 Å². The Bertz CT molecular complexity index is 355. The molecule has 0 aliphatic heterocycles. The zero-order valence-electron chi connectivity index (χ0n) is 7.35. The molecule has 76 valence electrons. The van der Waals surface area contributed by atoms with Gasteiger partial charge >= 0.3 is 0 Å². The number of anilines is 1. The van der Waals surface area contributed by atoms with Gasteiger partial charge in [0.1, 0.15) is 0 Å². The molecule has 1 aromatic rings. The summed E-state index contributed by atoms with van der Waals surface area (Å²) < 4.78 is 24.7. The highest BCUT2D eigenvalue weighted by molar-refractivity contribution is 6.34. The SMILES string of the molecule is CC(=O)Nc1cccc(C(F)F)c1Cl.